The van der Waals surface area contributed by atoms with Crippen molar-refractivity contribution in [2.45, 2.75) is 64.2 Å². The molecule has 1 aliphatic rings. The van der Waals surface area contributed by atoms with Crippen LogP contribution in [0, 0.1) is 0 Å². The van der Waals surface area contributed by atoms with Crippen LogP contribution in [0.25, 0.3) is 0 Å². The van der Waals surface area contributed by atoms with E-state index < -0.39 is 0 Å². The Balaban J connectivity index is 2.00. The van der Waals surface area contributed by atoms with E-state index in [2.05, 4.69) is 15.9 Å². The lowest BCUT2D eigenvalue weighted by atomic mass is 10.1. The number of nitrogens with zero attached hydrogens (tertiary/aromatic N) is 1. The minimum atomic E-state index is 0.0311. The van der Waals surface area contributed by atoms with Gasteiger partial charge in [0.25, 0.3) is 0 Å². The van der Waals surface area contributed by atoms with E-state index in [-0.39, 0.29) is 11.8 Å². The second-order valence-electron chi connectivity index (χ2n) is 4.96. The van der Waals surface area contributed by atoms with E-state index in [1.54, 1.807) is 0 Å². The Bertz CT molecular complexity index is 253. The molecule has 0 aromatic heterocycles. The summed E-state index contributed by atoms with van der Waals surface area (Å²) >= 11 is 3.43. The largest absolute Gasteiger partial charge is 0.283 e. The number of carbonyl (C=O) groups is 2. The Morgan fingerprint density at radius 3 is 1.89 bits per heavy atom. The number of piperidine rings is 1. The first kappa shape index (κ1) is 15.7. The van der Waals surface area contributed by atoms with Crippen molar-refractivity contribution in [1.29, 1.82) is 0 Å². The molecule has 3 nitrogen and oxygen atoms in total. The molecule has 0 aliphatic carbocycles. The van der Waals surface area contributed by atoms with E-state index in [9.17, 15) is 9.59 Å². The highest BCUT2D eigenvalue weighted by atomic mass is 79.9. The third-order valence-electron chi connectivity index (χ3n) is 3.40. The highest BCUT2D eigenvalue weighted by Gasteiger charge is 2.24. The van der Waals surface area contributed by atoms with Gasteiger partial charge in [0.1, 0.15) is 0 Å². The lowest BCUT2D eigenvalue weighted by Gasteiger charge is -2.24. The summed E-state index contributed by atoms with van der Waals surface area (Å²) in [4.78, 5) is 24.6. The molecule has 1 fully saturated rings. The van der Waals surface area contributed by atoms with Crippen LogP contribution < -0.4 is 0 Å². The molecule has 0 N–H and O–H groups in total. The molecule has 0 aromatic carbocycles. The molecule has 0 bridgehead atoms. The molecule has 104 valence electrons. The van der Waals surface area contributed by atoms with Gasteiger partial charge in [-0.25, -0.2) is 0 Å². The number of hydrogen-bond acceptors (Lipinski definition) is 2. The second-order valence-corrected chi connectivity index (χ2v) is 5.75. The molecular formula is C14H24BrNO2. The predicted octanol–water partition coefficient (Wildman–Crippen LogP) is 3.65. The summed E-state index contributed by atoms with van der Waals surface area (Å²) in [6, 6.07) is 0. The zero-order valence-electron chi connectivity index (χ0n) is 11.1. The van der Waals surface area contributed by atoms with Crippen LogP contribution in [0.1, 0.15) is 64.2 Å². The lowest BCUT2D eigenvalue weighted by molar-refractivity contribution is -0.147. The van der Waals surface area contributed by atoms with E-state index in [4.69, 9.17) is 0 Å². The first-order valence-electron chi connectivity index (χ1n) is 7.15. The first-order valence-corrected chi connectivity index (χ1v) is 8.27. The highest BCUT2D eigenvalue weighted by molar-refractivity contribution is 9.09. The van der Waals surface area contributed by atoms with Crippen molar-refractivity contribution >= 4 is 27.7 Å². The molecule has 0 atom stereocenters. The Hall–Kier alpha value is -0.380. The van der Waals surface area contributed by atoms with Gasteiger partial charge in [0.2, 0.25) is 11.8 Å². The van der Waals surface area contributed by atoms with E-state index in [1.165, 1.54) is 37.0 Å². The van der Waals surface area contributed by atoms with Crippen molar-refractivity contribution in [3.8, 4) is 0 Å². The Morgan fingerprint density at radius 1 is 0.833 bits per heavy atom. The molecule has 0 saturated carbocycles. The van der Waals surface area contributed by atoms with Crippen LogP contribution >= 0.6 is 15.9 Å². The van der Waals surface area contributed by atoms with Crippen LogP contribution in [0.3, 0.4) is 0 Å². The monoisotopic (exact) mass is 317 g/mol. The van der Waals surface area contributed by atoms with Crippen LogP contribution in [-0.2, 0) is 9.59 Å². The standard InChI is InChI=1S/C14H24BrNO2/c15-11-6-4-2-1-3-5-7-12-16-13(17)9-8-10-14(16)18/h1-12H2. The van der Waals surface area contributed by atoms with Crippen molar-refractivity contribution in [1.82, 2.24) is 4.90 Å². The Morgan fingerprint density at radius 2 is 1.33 bits per heavy atom. The average Bonchev–Trinajstić information content (AvgIpc) is 2.35. The molecule has 18 heavy (non-hydrogen) atoms. The maximum Gasteiger partial charge on any atom is 0.229 e. The SMILES string of the molecule is O=C1CCCC(=O)N1CCCCCCCCCBr. The van der Waals surface area contributed by atoms with Gasteiger partial charge in [0, 0.05) is 24.7 Å². The molecule has 0 spiro atoms. The maximum absolute atomic E-state index is 11.5. The van der Waals surface area contributed by atoms with E-state index in [0.717, 1.165) is 24.6 Å². The van der Waals surface area contributed by atoms with Crippen molar-refractivity contribution in [3.63, 3.8) is 0 Å². The molecule has 2 amide bonds. The fourth-order valence-corrected chi connectivity index (χ4v) is 2.69. The topological polar surface area (TPSA) is 37.4 Å². The Labute approximate surface area is 118 Å². The molecule has 0 aromatic rings. The van der Waals surface area contributed by atoms with Crippen LogP contribution in [0.15, 0.2) is 0 Å². The number of carbonyl (C=O) groups excluding carboxylic acids is 2. The summed E-state index contributed by atoms with van der Waals surface area (Å²) in [5, 5.41) is 1.10. The molecule has 1 saturated heterocycles. The summed E-state index contributed by atoms with van der Waals surface area (Å²) < 4.78 is 0. The van der Waals surface area contributed by atoms with Gasteiger partial charge in [-0.1, -0.05) is 48.0 Å². The van der Waals surface area contributed by atoms with Crippen LogP contribution in [0.4, 0.5) is 0 Å². The fourth-order valence-electron chi connectivity index (χ4n) is 2.30. The van der Waals surface area contributed by atoms with E-state index >= 15 is 0 Å². The van der Waals surface area contributed by atoms with Gasteiger partial charge in [-0.15, -0.1) is 0 Å². The first-order chi connectivity index (χ1) is 8.75. The van der Waals surface area contributed by atoms with Gasteiger partial charge in [-0.2, -0.15) is 0 Å². The van der Waals surface area contributed by atoms with Crippen molar-refractivity contribution in [3.05, 3.63) is 0 Å². The quantitative estimate of drug-likeness (QED) is 0.370. The summed E-state index contributed by atoms with van der Waals surface area (Å²) in [7, 11) is 0. The van der Waals surface area contributed by atoms with Crippen LogP contribution in [0.2, 0.25) is 0 Å². The second kappa shape index (κ2) is 9.54. The minimum absolute atomic E-state index is 0.0311. The van der Waals surface area contributed by atoms with Crippen LogP contribution in [-0.4, -0.2) is 28.6 Å². The maximum atomic E-state index is 11.5. The number of hydrogen-bond donors (Lipinski definition) is 0. The van der Waals surface area contributed by atoms with Gasteiger partial charge in [-0.05, 0) is 19.3 Å². The van der Waals surface area contributed by atoms with E-state index in [0.29, 0.717) is 19.4 Å². The van der Waals surface area contributed by atoms with Crippen molar-refractivity contribution in [2.24, 2.45) is 0 Å². The third-order valence-corrected chi connectivity index (χ3v) is 3.96. The third kappa shape index (κ3) is 5.98. The number of likely N-dealkylation sites (tertiary alicyclic amines) is 1. The molecule has 1 heterocycles. The highest BCUT2D eigenvalue weighted by Crippen LogP contribution is 2.14. The summed E-state index contributed by atoms with van der Waals surface area (Å²) in [5.74, 6) is 0.0622. The van der Waals surface area contributed by atoms with Gasteiger partial charge in [0.05, 0.1) is 0 Å². The Kier molecular flexibility index (Phi) is 8.31. The number of rotatable bonds is 9. The number of unbranched alkanes of at least 4 members (excludes halogenated alkanes) is 6. The number of halogens is 1. The van der Waals surface area contributed by atoms with Crippen molar-refractivity contribution < 1.29 is 9.59 Å². The zero-order valence-corrected chi connectivity index (χ0v) is 12.7. The molecule has 1 aliphatic heterocycles. The number of amides is 2. The lowest BCUT2D eigenvalue weighted by Crippen LogP contribution is -2.40. The average molecular weight is 318 g/mol. The van der Waals surface area contributed by atoms with Gasteiger partial charge in [0.15, 0.2) is 0 Å². The number of alkyl halides is 1. The van der Waals surface area contributed by atoms with Gasteiger partial charge < -0.3 is 0 Å². The molecule has 0 unspecified atom stereocenters. The summed E-state index contributed by atoms with van der Waals surface area (Å²) in [6.45, 7) is 0.638. The molecular weight excluding hydrogens is 294 g/mol. The normalized spacial score (nSPS) is 16.4. The zero-order chi connectivity index (χ0) is 13.2. The predicted molar refractivity (Wildman–Crippen MR) is 76.7 cm³/mol. The van der Waals surface area contributed by atoms with Crippen molar-refractivity contribution in [2.75, 3.05) is 11.9 Å². The fraction of sp³-hybridized carbons (Fsp3) is 0.857. The molecule has 4 heteroatoms. The number of imide groups is 1. The van der Waals surface area contributed by atoms with Crippen LogP contribution in [0.5, 0.6) is 0 Å². The van der Waals surface area contributed by atoms with E-state index in [1.807, 2.05) is 0 Å². The molecule has 0 radical (unpaired) electrons. The minimum Gasteiger partial charge on any atom is -0.283 e. The summed E-state index contributed by atoms with van der Waals surface area (Å²) in [6.07, 6.45) is 10.3. The molecule has 1 rings (SSSR count). The smallest absolute Gasteiger partial charge is 0.229 e. The van der Waals surface area contributed by atoms with Gasteiger partial charge >= 0.3 is 0 Å². The summed E-state index contributed by atoms with van der Waals surface area (Å²) in [5.41, 5.74) is 0. The van der Waals surface area contributed by atoms with Gasteiger partial charge in [-0.3, -0.25) is 14.5 Å².